The highest BCUT2D eigenvalue weighted by Gasteiger charge is 2.60. The Balaban J connectivity index is 2.25. The maximum absolute atomic E-state index is 12.3. The Morgan fingerprint density at radius 1 is 1.43 bits per heavy atom. The second-order valence-corrected chi connectivity index (χ2v) is 5.26. The summed E-state index contributed by atoms with van der Waals surface area (Å²) in [5, 5.41) is 30.1. The first-order valence-corrected chi connectivity index (χ1v) is 6.67. The number of imidazole rings is 1. The molecule has 122 valence electrons. The lowest BCUT2D eigenvalue weighted by Crippen LogP contribution is -2.50. The van der Waals surface area contributed by atoms with Crippen LogP contribution in [0.15, 0.2) is 25.0 Å². The minimum absolute atomic E-state index is 0.0867. The van der Waals surface area contributed by atoms with Crippen molar-refractivity contribution in [1.82, 2.24) is 19.5 Å². The summed E-state index contributed by atoms with van der Waals surface area (Å²) in [6, 6.07) is 0. The largest absolute Gasteiger partial charge is 0.510 e. The summed E-state index contributed by atoms with van der Waals surface area (Å²) in [4.78, 5) is 24.1. The number of nitrogens with two attached hydrogens (primary N) is 1. The van der Waals surface area contributed by atoms with Gasteiger partial charge in [-0.1, -0.05) is 6.58 Å². The van der Waals surface area contributed by atoms with Crippen LogP contribution in [-0.4, -0.2) is 58.9 Å². The van der Waals surface area contributed by atoms with Gasteiger partial charge in [-0.05, 0) is 6.92 Å². The highest BCUT2D eigenvalue weighted by molar-refractivity contribution is 5.88. The van der Waals surface area contributed by atoms with E-state index in [9.17, 15) is 20.1 Å². The predicted octanol–water partition coefficient (Wildman–Crippen LogP) is -1.16. The number of ether oxygens (including phenoxy) is 1. The lowest BCUT2D eigenvalue weighted by molar-refractivity contribution is -0.168. The minimum atomic E-state index is -2.02. The Bertz CT molecular complexity index is 805. The molecule has 10 heteroatoms. The quantitative estimate of drug-likeness (QED) is 0.512. The summed E-state index contributed by atoms with van der Waals surface area (Å²) in [6.07, 6.45) is -2.21. The normalized spacial score (nSPS) is 30.7. The average Bonchev–Trinajstić information content (AvgIpc) is 3.02. The minimum Gasteiger partial charge on any atom is -0.510 e. The van der Waals surface area contributed by atoms with Crippen molar-refractivity contribution in [2.24, 2.45) is 0 Å². The van der Waals surface area contributed by atoms with Gasteiger partial charge in [-0.25, -0.2) is 15.0 Å². The highest BCUT2D eigenvalue weighted by Crippen LogP contribution is 2.40. The van der Waals surface area contributed by atoms with E-state index < -0.39 is 35.6 Å². The highest BCUT2D eigenvalue weighted by atomic mass is 16.6. The number of ketones is 1. The number of hydrogen-bond acceptors (Lipinski definition) is 9. The van der Waals surface area contributed by atoms with Gasteiger partial charge >= 0.3 is 0 Å². The Labute approximate surface area is 129 Å². The van der Waals surface area contributed by atoms with E-state index in [4.69, 9.17) is 10.5 Å². The van der Waals surface area contributed by atoms with Crippen molar-refractivity contribution in [2.75, 3.05) is 5.73 Å². The summed E-state index contributed by atoms with van der Waals surface area (Å²) in [5.74, 6) is -1.05. The summed E-state index contributed by atoms with van der Waals surface area (Å²) >= 11 is 0. The van der Waals surface area contributed by atoms with Crippen LogP contribution >= 0.6 is 0 Å². The maximum atomic E-state index is 12.3. The van der Waals surface area contributed by atoms with Crippen LogP contribution in [0.2, 0.25) is 0 Å². The first-order valence-electron chi connectivity index (χ1n) is 6.67. The van der Waals surface area contributed by atoms with Gasteiger partial charge in [0.1, 0.15) is 42.2 Å². The zero-order valence-corrected chi connectivity index (χ0v) is 12.1. The van der Waals surface area contributed by atoms with Gasteiger partial charge in [0.15, 0.2) is 17.2 Å². The molecule has 1 fully saturated rings. The Hall–Kier alpha value is -2.56. The smallest absolute Gasteiger partial charge is 0.236 e. The van der Waals surface area contributed by atoms with Crippen molar-refractivity contribution in [2.45, 2.75) is 31.0 Å². The molecule has 0 aliphatic carbocycles. The monoisotopic (exact) mass is 321 g/mol. The van der Waals surface area contributed by atoms with Gasteiger partial charge in [-0.3, -0.25) is 9.36 Å². The number of hydrogen-bond donors (Lipinski definition) is 4. The van der Waals surface area contributed by atoms with E-state index in [2.05, 4.69) is 21.5 Å². The molecule has 1 saturated heterocycles. The first kappa shape index (κ1) is 15.3. The van der Waals surface area contributed by atoms with Crippen LogP contribution in [0.5, 0.6) is 0 Å². The molecule has 3 heterocycles. The Morgan fingerprint density at radius 3 is 2.70 bits per heavy atom. The SMILES string of the molecule is C=C(O)[C@H]1O[C@@](C(C)=O)(n2cnc3c(N)ncnc32)[C@H](O)[C@@H]1O. The van der Waals surface area contributed by atoms with Crippen LogP contribution < -0.4 is 5.73 Å². The van der Waals surface area contributed by atoms with Crippen molar-refractivity contribution >= 4 is 22.8 Å². The molecule has 4 atom stereocenters. The number of nitrogens with zero attached hydrogens (tertiary/aromatic N) is 4. The number of aliphatic hydroxyl groups is 3. The number of anilines is 1. The molecule has 0 aromatic carbocycles. The van der Waals surface area contributed by atoms with Crippen molar-refractivity contribution in [3.05, 3.63) is 25.0 Å². The molecule has 1 aliphatic heterocycles. The molecule has 1 aliphatic rings. The summed E-state index contributed by atoms with van der Waals surface area (Å²) < 4.78 is 6.68. The van der Waals surface area contributed by atoms with E-state index in [0.717, 1.165) is 0 Å². The number of Topliss-reactive ketones (excluding diaryl/α,β-unsaturated/α-hetero) is 1. The number of carbonyl (C=O) groups excluding carboxylic acids is 1. The van der Waals surface area contributed by atoms with Crippen LogP contribution in [0.3, 0.4) is 0 Å². The molecule has 5 N–H and O–H groups in total. The van der Waals surface area contributed by atoms with Crippen molar-refractivity contribution < 1.29 is 24.9 Å². The number of carbonyl (C=O) groups is 1. The van der Waals surface area contributed by atoms with E-state index in [1.807, 2.05) is 0 Å². The molecule has 10 nitrogen and oxygen atoms in total. The van der Waals surface area contributed by atoms with E-state index in [-0.39, 0.29) is 17.0 Å². The predicted molar refractivity (Wildman–Crippen MR) is 77.0 cm³/mol. The Kier molecular flexibility index (Phi) is 3.32. The maximum Gasteiger partial charge on any atom is 0.236 e. The molecule has 0 spiro atoms. The molecular formula is C13H15N5O5. The fourth-order valence-corrected chi connectivity index (χ4v) is 2.75. The van der Waals surface area contributed by atoms with Gasteiger partial charge in [0.25, 0.3) is 0 Å². The molecule has 2 aromatic rings. The van der Waals surface area contributed by atoms with Crippen LogP contribution in [0.1, 0.15) is 6.92 Å². The second-order valence-electron chi connectivity index (χ2n) is 5.26. The van der Waals surface area contributed by atoms with Gasteiger partial charge in [-0.2, -0.15) is 0 Å². The average molecular weight is 321 g/mol. The summed E-state index contributed by atoms with van der Waals surface area (Å²) in [6.45, 7) is 4.46. The summed E-state index contributed by atoms with van der Waals surface area (Å²) in [5.41, 5.74) is 4.04. The number of aliphatic hydroxyl groups excluding tert-OH is 3. The van der Waals surface area contributed by atoms with Gasteiger partial charge in [0.05, 0.1) is 0 Å². The van der Waals surface area contributed by atoms with Crippen LogP contribution in [-0.2, 0) is 15.3 Å². The molecule has 3 rings (SSSR count). The molecule has 0 saturated carbocycles. The van der Waals surface area contributed by atoms with E-state index in [1.54, 1.807) is 0 Å². The fourth-order valence-electron chi connectivity index (χ4n) is 2.75. The van der Waals surface area contributed by atoms with Gasteiger partial charge in [-0.15, -0.1) is 0 Å². The lowest BCUT2D eigenvalue weighted by Gasteiger charge is -2.30. The molecule has 2 aromatic heterocycles. The fraction of sp³-hybridized carbons (Fsp3) is 0.385. The van der Waals surface area contributed by atoms with E-state index >= 15 is 0 Å². The second kappa shape index (κ2) is 4.98. The zero-order valence-electron chi connectivity index (χ0n) is 12.1. The third-order valence-electron chi connectivity index (χ3n) is 3.89. The Morgan fingerprint density at radius 2 is 2.13 bits per heavy atom. The third-order valence-corrected chi connectivity index (χ3v) is 3.89. The van der Waals surface area contributed by atoms with Crippen LogP contribution in [0, 0.1) is 0 Å². The van der Waals surface area contributed by atoms with Crippen LogP contribution in [0.25, 0.3) is 11.2 Å². The lowest BCUT2D eigenvalue weighted by atomic mass is 9.98. The number of rotatable bonds is 3. The van der Waals surface area contributed by atoms with E-state index in [0.29, 0.717) is 0 Å². The van der Waals surface area contributed by atoms with E-state index in [1.165, 1.54) is 24.1 Å². The van der Waals surface area contributed by atoms with Crippen LogP contribution in [0.4, 0.5) is 5.82 Å². The van der Waals surface area contributed by atoms with Gasteiger partial charge in [0, 0.05) is 0 Å². The molecule has 23 heavy (non-hydrogen) atoms. The number of nitrogen functional groups attached to an aromatic ring is 1. The third kappa shape index (κ3) is 1.92. The molecule has 0 amide bonds. The van der Waals surface area contributed by atoms with Crippen molar-refractivity contribution in [3.63, 3.8) is 0 Å². The molecule has 0 unspecified atom stereocenters. The van der Waals surface area contributed by atoms with Crippen molar-refractivity contribution in [3.8, 4) is 0 Å². The van der Waals surface area contributed by atoms with Gasteiger partial charge in [0.2, 0.25) is 5.72 Å². The number of aromatic nitrogens is 4. The topological polar surface area (TPSA) is 157 Å². The molecule has 0 bridgehead atoms. The molecule has 0 radical (unpaired) electrons. The summed E-state index contributed by atoms with van der Waals surface area (Å²) in [7, 11) is 0. The first-order chi connectivity index (χ1) is 10.8. The number of fused-ring (bicyclic) bond motifs is 1. The molecular weight excluding hydrogens is 306 g/mol. The van der Waals surface area contributed by atoms with Gasteiger partial charge < -0.3 is 25.8 Å². The van der Waals surface area contributed by atoms with Crippen molar-refractivity contribution in [1.29, 1.82) is 0 Å². The zero-order chi connectivity index (χ0) is 16.9. The standard InChI is InChI=1S/C13H15N5O5/c1-5(19)9-8(21)10(22)13(23-9,6(2)20)18-4-17-7-11(14)15-3-16-12(7)18/h3-4,8-10,19,21-22H,1H2,2H3,(H2,14,15,16)/t8-,9-,10-,13-/m1/s1.